The first-order valence-corrected chi connectivity index (χ1v) is 10.4. The Morgan fingerprint density at radius 3 is 2.31 bits per heavy atom. The lowest BCUT2D eigenvalue weighted by Gasteiger charge is -2.16. The zero-order valence-electron chi connectivity index (χ0n) is 19.3. The number of nitrogens with zero attached hydrogens (tertiary/aromatic N) is 2. The molecule has 3 aromatic rings. The number of hydrogen-bond donors (Lipinski definition) is 1. The van der Waals surface area contributed by atoms with Crippen molar-refractivity contribution < 1.29 is 37.0 Å². The van der Waals surface area contributed by atoms with Crippen molar-refractivity contribution in [3.05, 3.63) is 76.2 Å². The van der Waals surface area contributed by atoms with E-state index in [0.717, 1.165) is 16.8 Å². The summed E-state index contributed by atoms with van der Waals surface area (Å²) in [6, 6.07) is 8.87. The molecule has 184 valence electrons. The third-order valence-corrected chi connectivity index (χ3v) is 5.17. The Balaban J connectivity index is 1.92. The van der Waals surface area contributed by atoms with E-state index in [-0.39, 0.29) is 17.2 Å². The normalized spacial score (nSPS) is 11.8. The Morgan fingerprint density at radius 1 is 1.09 bits per heavy atom. The van der Waals surface area contributed by atoms with E-state index in [0.29, 0.717) is 11.1 Å². The van der Waals surface area contributed by atoms with Gasteiger partial charge in [-0.2, -0.15) is 5.10 Å². The molecule has 8 nitrogen and oxygen atoms in total. The quantitative estimate of drug-likeness (QED) is 0.362. The van der Waals surface area contributed by atoms with Gasteiger partial charge in [0.2, 0.25) is 5.88 Å². The molecule has 0 bridgehead atoms. The molecule has 35 heavy (non-hydrogen) atoms. The molecule has 0 aliphatic heterocycles. The van der Waals surface area contributed by atoms with Crippen LogP contribution >= 0.6 is 0 Å². The zero-order valence-corrected chi connectivity index (χ0v) is 19.3. The minimum atomic E-state index is -3.09. The number of esters is 1. The topological polar surface area (TPSA) is 99.5 Å². The summed E-state index contributed by atoms with van der Waals surface area (Å²) in [5.74, 6) is -3.10. The maximum absolute atomic E-state index is 13.9. The number of aromatic nitrogens is 2. The summed E-state index contributed by atoms with van der Waals surface area (Å²) in [7, 11) is 2.56. The van der Waals surface area contributed by atoms with Gasteiger partial charge >= 0.3 is 5.97 Å². The molecular weight excluding hydrogens is 467 g/mol. The van der Waals surface area contributed by atoms with Gasteiger partial charge in [0, 0.05) is 7.05 Å². The van der Waals surface area contributed by atoms with Crippen molar-refractivity contribution in [1.82, 2.24) is 15.1 Å². The highest BCUT2D eigenvalue weighted by molar-refractivity contribution is 5.98. The number of halogens is 3. The molecule has 0 fully saturated rings. The summed E-state index contributed by atoms with van der Waals surface area (Å²) in [4.78, 5) is 36.3. The SMILES string of the molecule is COC(=O)c1ccc([C@H](C)NC(=O)c2c(C(F)F)nn(C)c2Oc2ccc(F)c(C(C)=O)c2)cc1. The van der Waals surface area contributed by atoms with Gasteiger partial charge in [-0.15, -0.1) is 0 Å². The van der Waals surface area contributed by atoms with Crippen molar-refractivity contribution in [2.24, 2.45) is 7.05 Å². The lowest BCUT2D eigenvalue weighted by molar-refractivity contribution is 0.0600. The van der Waals surface area contributed by atoms with Crippen LogP contribution in [0.5, 0.6) is 11.6 Å². The molecule has 1 N–H and O–H groups in total. The Bertz CT molecular complexity index is 1270. The van der Waals surface area contributed by atoms with Crippen LogP contribution in [0.3, 0.4) is 0 Å². The molecule has 11 heteroatoms. The van der Waals surface area contributed by atoms with Crippen LogP contribution in [0.15, 0.2) is 42.5 Å². The molecule has 2 aromatic carbocycles. The van der Waals surface area contributed by atoms with E-state index in [9.17, 15) is 27.6 Å². The molecule has 1 atom stereocenters. The van der Waals surface area contributed by atoms with Gasteiger partial charge in [0.1, 0.15) is 22.8 Å². The highest BCUT2D eigenvalue weighted by Gasteiger charge is 2.30. The first-order valence-electron chi connectivity index (χ1n) is 10.4. The van der Waals surface area contributed by atoms with E-state index in [2.05, 4.69) is 15.2 Å². The fourth-order valence-electron chi connectivity index (χ4n) is 3.34. The van der Waals surface area contributed by atoms with Gasteiger partial charge in [0.25, 0.3) is 12.3 Å². The second kappa shape index (κ2) is 10.4. The molecule has 0 spiro atoms. The Kier molecular flexibility index (Phi) is 7.58. The smallest absolute Gasteiger partial charge is 0.337 e. The minimum absolute atomic E-state index is 0.0408. The molecule has 1 amide bonds. The van der Waals surface area contributed by atoms with Crippen LogP contribution in [0.1, 0.15) is 68.6 Å². The average Bonchev–Trinajstić information content (AvgIpc) is 3.15. The maximum atomic E-state index is 13.9. The second-order valence-corrected chi connectivity index (χ2v) is 7.60. The molecule has 1 heterocycles. The van der Waals surface area contributed by atoms with Gasteiger partial charge in [-0.1, -0.05) is 12.1 Å². The van der Waals surface area contributed by atoms with E-state index in [1.54, 1.807) is 19.1 Å². The van der Waals surface area contributed by atoms with Crippen molar-refractivity contribution in [2.45, 2.75) is 26.3 Å². The Morgan fingerprint density at radius 2 is 1.74 bits per heavy atom. The van der Waals surface area contributed by atoms with Gasteiger partial charge in [-0.25, -0.2) is 22.6 Å². The maximum Gasteiger partial charge on any atom is 0.337 e. The van der Waals surface area contributed by atoms with Crippen LogP contribution in [0.2, 0.25) is 0 Å². The van der Waals surface area contributed by atoms with E-state index in [1.807, 2.05) is 0 Å². The number of alkyl halides is 2. The number of nitrogens with one attached hydrogen (secondary N) is 1. The van der Waals surface area contributed by atoms with Crippen molar-refractivity contribution in [2.75, 3.05) is 7.11 Å². The first kappa shape index (κ1) is 25.5. The highest BCUT2D eigenvalue weighted by atomic mass is 19.3. The van der Waals surface area contributed by atoms with Gasteiger partial charge in [-0.05, 0) is 49.7 Å². The average molecular weight is 489 g/mol. The predicted molar refractivity (Wildman–Crippen MR) is 118 cm³/mol. The molecule has 0 saturated heterocycles. The molecule has 3 rings (SSSR count). The minimum Gasteiger partial charge on any atom is -0.465 e. The summed E-state index contributed by atoms with van der Waals surface area (Å²) in [6.45, 7) is 2.79. The summed E-state index contributed by atoms with van der Waals surface area (Å²) >= 11 is 0. The molecular formula is C24H22F3N3O5. The number of carbonyl (C=O) groups is 3. The van der Waals surface area contributed by atoms with Crippen molar-refractivity contribution >= 4 is 17.7 Å². The largest absolute Gasteiger partial charge is 0.465 e. The first-order chi connectivity index (χ1) is 16.5. The van der Waals surface area contributed by atoms with Crippen LogP contribution in [0, 0.1) is 5.82 Å². The van der Waals surface area contributed by atoms with Crippen molar-refractivity contribution in [1.29, 1.82) is 0 Å². The Hall–Kier alpha value is -4.15. The molecule has 0 saturated carbocycles. The fourth-order valence-corrected chi connectivity index (χ4v) is 3.34. The molecule has 1 aromatic heterocycles. The van der Waals surface area contributed by atoms with Gasteiger partial charge < -0.3 is 14.8 Å². The number of benzene rings is 2. The monoisotopic (exact) mass is 489 g/mol. The van der Waals surface area contributed by atoms with Crippen molar-refractivity contribution in [3.8, 4) is 11.6 Å². The molecule has 0 radical (unpaired) electrons. The third-order valence-electron chi connectivity index (χ3n) is 5.17. The summed E-state index contributed by atoms with van der Waals surface area (Å²) in [6.07, 6.45) is -3.09. The van der Waals surface area contributed by atoms with E-state index >= 15 is 0 Å². The third kappa shape index (κ3) is 5.51. The number of methoxy groups -OCH3 is 1. The van der Waals surface area contributed by atoms with Crippen molar-refractivity contribution in [3.63, 3.8) is 0 Å². The fraction of sp³-hybridized carbons (Fsp3) is 0.250. The number of carbonyl (C=O) groups excluding carboxylic acids is 3. The second-order valence-electron chi connectivity index (χ2n) is 7.60. The lowest BCUT2D eigenvalue weighted by Crippen LogP contribution is -2.27. The number of ether oxygens (including phenoxy) is 2. The standard InChI is InChI=1S/C24H22F3N3O5/c1-12(14-5-7-15(8-6-14)24(33)34-4)28-22(32)19-20(21(26)27)29-30(3)23(19)35-16-9-10-18(25)17(11-16)13(2)31/h5-12,21H,1-4H3,(H,28,32)/t12-/m0/s1. The summed E-state index contributed by atoms with van der Waals surface area (Å²) < 4.78 is 52.5. The molecule has 0 aliphatic rings. The molecule has 0 unspecified atom stereocenters. The van der Waals surface area contributed by atoms with Crippen LogP contribution in [0.4, 0.5) is 13.2 Å². The zero-order chi connectivity index (χ0) is 25.9. The van der Waals surface area contributed by atoms with Crippen LogP contribution in [-0.4, -0.2) is 34.6 Å². The van der Waals surface area contributed by atoms with E-state index < -0.39 is 47.2 Å². The van der Waals surface area contributed by atoms with Gasteiger partial charge in [-0.3, -0.25) is 9.59 Å². The Labute approximate surface area is 198 Å². The van der Waals surface area contributed by atoms with Gasteiger partial charge in [0.15, 0.2) is 5.78 Å². The van der Waals surface area contributed by atoms with E-state index in [1.165, 1.54) is 39.3 Å². The number of aryl methyl sites for hydroxylation is 1. The predicted octanol–water partition coefficient (Wildman–Crippen LogP) is 4.77. The summed E-state index contributed by atoms with van der Waals surface area (Å²) in [5, 5.41) is 6.32. The number of rotatable bonds is 8. The van der Waals surface area contributed by atoms with Crippen LogP contribution in [-0.2, 0) is 11.8 Å². The number of Topliss-reactive ketones (excluding diaryl/α,β-unsaturated/α-hetero) is 1. The molecule has 0 aliphatic carbocycles. The van der Waals surface area contributed by atoms with Crippen LogP contribution < -0.4 is 10.1 Å². The van der Waals surface area contributed by atoms with Gasteiger partial charge in [0.05, 0.1) is 24.3 Å². The number of ketones is 1. The van der Waals surface area contributed by atoms with E-state index in [4.69, 9.17) is 4.74 Å². The highest BCUT2D eigenvalue weighted by Crippen LogP contribution is 2.33. The lowest BCUT2D eigenvalue weighted by atomic mass is 10.1. The van der Waals surface area contributed by atoms with Crippen LogP contribution in [0.25, 0.3) is 0 Å². The number of hydrogen-bond acceptors (Lipinski definition) is 6. The number of amides is 1. The summed E-state index contributed by atoms with van der Waals surface area (Å²) in [5.41, 5.74) is -0.660.